The number of nitrogens with one attached hydrogen (secondary N) is 1. The van der Waals surface area contributed by atoms with E-state index in [4.69, 9.17) is 5.73 Å². The van der Waals surface area contributed by atoms with Crippen molar-refractivity contribution >= 4 is 11.9 Å². The third-order valence-corrected chi connectivity index (χ3v) is 2.23. The highest BCUT2D eigenvalue weighted by atomic mass is 16.1. The maximum Gasteiger partial charge on any atom is 0.242 e. The van der Waals surface area contributed by atoms with Gasteiger partial charge in [-0.05, 0) is 26.7 Å². The Balaban J connectivity index is 2.27. The normalized spacial score (nSPS) is 10.1. The second kappa shape index (κ2) is 5.99. The molecule has 1 rings (SSSR count). The third-order valence-electron chi connectivity index (χ3n) is 2.23. The van der Waals surface area contributed by atoms with E-state index >= 15 is 0 Å². The monoisotopic (exact) mass is 223 g/mol. The summed E-state index contributed by atoms with van der Waals surface area (Å²) in [6, 6.07) is 0. The molecule has 16 heavy (non-hydrogen) atoms. The van der Waals surface area contributed by atoms with E-state index in [9.17, 15) is 4.79 Å². The van der Waals surface area contributed by atoms with E-state index in [0.717, 1.165) is 30.8 Å². The van der Waals surface area contributed by atoms with E-state index in [2.05, 4.69) is 20.5 Å². The highest BCUT2D eigenvalue weighted by molar-refractivity contribution is 5.73. The van der Waals surface area contributed by atoms with Crippen LogP contribution in [0.15, 0.2) is 0 Å². The molecule has 0 aromatic carbocycles. The lowest BCUT2D eigenvalue weighted by Crippen LogP contribution is -2.12. The molecule has 0 aliphatic carbocycles. The smallest absolute Gasteiger partial charge is 0.242 e. The number of rotatable bonds is 6. The number of anilines is 1. The van der Waals surface area contributed by atoms with Gasteiger partial charge in [0.1, 0.15) is 0 Å². The number of primary amides is 1. The van der Waals surface area contributed by atoms with Crippen LogP contribution >= 0.6 is 0 Å². The highest BCUT2D eigenvalue weighted by Gasteiger charge is 2.00. The number of amides is 1. The summed E-state index contributed by atoms with van der Waals surface area (Å²) in [5, 5.41) is 10.9. The van der Waals surface area contributed by atoms with Crippen molar-refractivity contribution in [3.63, 3.8) is 0 Å². The zero-order valence-corrected chi connectivity index (χ0v) is 9.66. The summed E-state index contributed by atoms with van der Waals surface area (Å²) < 4.78 is 0. The zero-order valence-electron chi connectivity index (χ0n) is 9.66. The fourth-order valence-electron chi connectivity index (χ4n) is 1.16. The Morgan fingerprint density at radius 3 is 2.62 bits per heavy atom. The van der Waals surface area contributed by atoms with Gasteiger partial charge in [0.2, 0.25) is 11.9 Å². The Labute approximate surface area is 94.7 Å². The van der Waals surface area contributed by atoms with Crippen LogP contribution in [0.4, 0.5) is 5.95 Å². The summed E-state index contributed by atoms with van der Waals surface area (Å²) in [6.07, 6.45) is 2.06. The second-order valence-corrected chi connectivity index (χ2v) is 3.66. The lowest BCUT2D eigenvalue weighted by atomic mass is 10.2. The van der Waals surface area contributed by atoms with Crippen LogP contribution in [0.1, 0.15) is 30.7 Å². The summed E-state index contributed by atoms with van der Waals surface area (Å²) in [5.41, 5.74) is 6.73. The average Bonchev–Trinajstić information content (AvgIpc) is 2.22. The molecule has 3 N–H and O–H groups in total. The lowest BCUT2D eigenvalue weighted by Gasteiger charge is -2.04. The van der Waals surface area contributed by atoms with E-state index in [0.29, 0.717) is 12.4 Å². The number of unbranched alkanes of at least 4 members (excludes halogenated alkanes) is 1. The Kier molecular flexibility index (Phi) is 4.63. The van der Waals surface area contributed by atoms with E-state index in [1.165, 1.54) is 0 Å². The van der Waals surface area contributed by atoms with Gasteiger partial charge in [0.15, 0.2) is 0 Å². The quantitative estimate of drug-likeness (QED) is 0.687. The van der Waals surface area contributed by atoms with E-state index < -0.39 is 0 Å². The maximum atomic E-state index is 10.5. The van der Waals surface area contributed by atoms with Crippen LogP contribution in [0.3, 0.4) is 0 Å². The van der Waals surface area contributed by atoms with Crippen LogP contribution < -0.4 is 11.1 Å². The standard InChI is InChI=1S/C10H17N5O/c1-7-8(2)14-15-10(13-7)12-6-4-3-5-9(11)16/h3-6H2,1-2H3,(H2,11,16)(H,12,13,15). The Bertz CT molecular complexity index is 366. The number of hydrogen-bond acceptors (Lipinski definition) is 5. The number of hydrogen-bond donors (Lipinski definition) is 2. The first-order chi connectivity index (χ1) is 7.59. The van der Waals surface area contributed by atoms with Crippen LogP contribution in [-0.4, -0.2) is 27.6 Å². The van der Waals surface area contributed by atoms with Gasteiger partial charge >= 0.3 is 0 Å². The molecule has 0 aliphatic heterocycles. The molecule has 1 heterocycles. The Morgan fingerprint density at radius 2 is 2.00 bits per heavy atom. The Morgan fingerprint density at radius 1 is 1.25 bits per heavy atom. The van der Waals surface area contributed by atoms with Crippen molar-refractivity contribution in [2.75, 3.05) is 11.9 Å². The number of aryl methyl sites for hydroxylation is 2. The summed E-state index contributed by atoms with van der Waals surface area (Å²) in [6.45, 7) is 4.48. The molecule has 0 unspecified atom stereocenters. The fraction of sp³-hybridized carbons (Fsp3) is 0.600. The molecule has 0 spiro atoms. The predicted octanol–water partition coefficient (Wildman–Crippen LogP) is 0.556. The van der Waals surface area contributed by atoms with Crippen molar-refractivity contribution in [3.05, 3.63) is 11.4 Å². The maximum absolute atomic E-state index is 10.5. The Hall–Kier alpha value is -1.72. The molecule has 0 saturated carbocycles. The number of nitrogens with two attached hydrogens (primary N) is 1. The molecule has 0 saturated heterocycles. The first-order valence-corrected chi connectivity index (χ1v) is 5.29. The minimum atomic E-state index is -0.260. The molecule has 6 nitrogen and oxygen atoms in total. The number of carbonyl (C=O) groups excluding carboxylic acids is 1. The third kappa shape index (κ3) is 4.20. The molecule has 6 heteroatoms. The van der Waals surface area contributed by atoms with Gasteiger partial charge in [-0.15, -0.1) is 5.10 Å². The summed E-state index contributed by atoms with van der Waals surface area (Å²) in [5.74, 6) is 0.270. The summed E-state index contributed by atoms with van der Waals surface area (Å²) >= 11 is 0. The lowest BCUT2D eigenvalue weighted by molar-refractivity contribution is -0.118. The minimum absolute atomic E-state index is 0.260. The largest absolute Gasteiger partial charge is 0.370 e. The second-order valence-electron chi connectivity index (χ2n) is 3.66. The summed E-state index contributed by atoms with van der Waals surface area (Å²) in [4.78, 5) is 14.7. The van der Waals surface area contributed by atoms with Gasteiger partial charge in [-0.3, -0.25) is 4.79 Å². The fourth-order valence-corrected chi connectivity index (χ4v) is 1.16. The first kappa shape index (κ1) is 12.4. The van der Waals surface area contributed by atoms with Gasteiger partial charge in [0.05, 0.1) is 11.4 Å². The van der Waals surface area contributed by atoms with Gasteiger partial charge in [0, 0.05) is 13.0 Å². The van der Waals surface area contributed by atoms with Gasteiger partial charge < -0.3 is 11.1 Å². The van der Waals surface area contributed by atoms with Crippen molar-refractivity contribution in [2.45, 2.75) is 33.1 Å². The minimum Gasteiger partial charge on any atom is -0.370 e. The molecule has 0 aliphatic rings. The van der Waals surface area contributed by atoms with Crippen LogP contribution in [0.25, 0.3) is 0 Å². The van der Waals surface area contributed by atoms with Crippen LogP contribution in [0, 0.1) is 13.8 Å². The molecular weight excluding hydrogens is 206 g/mol. The van der Waals surface area contributed by atoms with E-state index in [1.54, 1.807) is 0 Å². The highest BCUT2D eigenvalue weighted by Crippen LogP contribution is 2.02. The number of nitrogens with zero attached hydrogens (tertiary/aromatic N) is 3. The van der Waals surface area contributed by atoms with Gasteiger partial charge in [-0.2, -0.15) is 5.10 Å². The van der Waals surface area contributed by atoms with E-state index in [-0.39, 0.29) is 5.91 Å². The molecule has 0 fully saturated rings. The molecular formula is C10H17N5O. The predicted molar refractivity (Wildman–Crippen MR) is 60.8 cm³/mol. The topological polar surface area (TPSA) is 93.8 Å². The van der Waals surface area contributed by atoms with Crippen molar-refractivity contribution < 1.29 is 4.79 Å². The van der Waals surface area contributed by atoms with Crippen molar-refractivity contribution in [3.8, 4) is 0 Å². The van der Waals surface area contributed by atoms with Gasteiger partial charge in [-0.1, -0.05) is 0 Å². The van der Waals surface area contributed by atoms with Crippen LogP contribution in [0.5, 0.6) is 0 Å². The molecule has 0 radical (unpaired) electrons. The molecule has 1 amide bonds. The molecule has 88 valence electrons. The molecule has 1 aromatic rings. The van der Waals surface area contributed by atoms with Crippen molar-refractivity contribution in [2.24, 2.45) is 5.73 Å². The number of aromatic nitrogens is 3. The first-order valence-electron chi connectivity index (χ1n) is 5.29. The van der Waals surface area contributed by atoms with Crippen molar-refractivity contribution in [1.29, 1.82) is 0 Å². The van der Waals surface area contributed by atoms with Gasteiger partial charge in [0.25, 0.3) is 0 Å². The average molecular weight is 223 g/mol. The molecule has 0 bridgehead atoms. The molecule has 0 atom stereocenters. The van der Waals surface area contributed by atoms with Crippen LogP contribution in [0.2, 0.25) is 0 Å². The zero-order chi connectivity index (χ0) is 12.0. The van der Waals surface area contributed by atoms with Crippen LogP contribution in [-0.2, 0) is 4.79 Å². The molecule has 1 aromatic heterocycles. The van der Waals surface area contributed by atoms with Crippen molar-refractivity contribution in [1.82, 2.24) is 15.2 Å². The SMILES string of the molecule is Cc1nnc(NCCCCC(N)=O)nc1C. The number of carbonyl (C=O) groups is 1. The summed E-state index contributed by atoms with van der Waals surface area (Å²) in [7, 11) is 0. The van der Waals surface area contributed by atoms with E-state index in [1.807, 2.05) is 13.8 Å². The van der Waals surface area contributed by atoms with Gasteiger partial charge in [-0.25, -0.2) is 4.98 Å².